The molecule has 1 aliphatic carbocycles. The van der Waals surface area contributed by atoms with Crippen LogP contribution in [-0.4, -0.2) is 24.3 Å². The van der Waals surface area contributed by atoms with Gasteiger partial charge in [0.05, 0.1) is 12.1 Å². The Bertz CT molecular complexity index is 433. The van der Waals surface area contributed by atoms with Crippen molar-refractivity contribution >= 4 is 5.69 Å². The normalized spacial score (nSPS) is 23.2. The summed E-state index contributed by atoms with van der Waals surface area (Å²) in [5, 5.41) is 10.5. The van der Waals surface area contributed by atoms with Gasteiger partial charge in [-0.1, -0.05) is 31.4 Å². The third kappa shape index (κ3) is 3.41. The van der Waals surface area contributed by atoms with E-state index in [4.69, 9.17) is 5.73 Å². The molecule has 116 valence electrons. The average Bonchev–Trinajstić information content (AvgIpc) is 3.09. The number of nitrogens with two attached hydrogens (primary N) is 1. The van der Waals surface area contributed by atoms with E-state index in [1.165, 1.54) is 37.8 Å². The Kier molecular flexibility index (Phi) is 4.81. The Labute approximate surface area is 128 Å². The van der Waals surface area contributed by atoms with Crippen molar-refractivity contribution in [1.29, 1.82) is 0 Å². The van der Waals surface area contributed by atoms with Gasteiger partial charge >= 0.3 is 0 Å². The monoisotopic (exact) mass is 288 g/mol. The van der Waals surface area contributed by atoms with Crippen LogP contribution in [-0.2, 0) is 0 Å². The van der Waals surface area contributed by atoms with Gasteiger partial charge in [-0.25, -0.2) is 0 Å². The number of hydrogen-bond acceptors (Lipinski definition) is 3. The van der Waals surface area contributed by atoms with Crippen LogP contribution in [0.25, 0.3) is 0 Å². The van der Waals surface area contributed by atoms with Gasteiger partial charge in [0.1, 0.15) is 0 Å². The van der Waals surface area contributed by atoms with Gasteiger partial charge in [-0.05, 0) is 49.3 Å². The molecule has 3 rings (SSSR count). The minimum absolute atomic E-state index is 0.249. The van der Waals surface area contributed by atoms with E-state index in [1.807, 2.05) is 0 Å². The van der Waals surface area contributed by atoms with Crippen molar-refractivity contribution < 1.29 is 5.11 Å². The molecule has 1 aliphatic heterocycles. The minimum Gasteiger partial charge on any atom is -0.391 e. The van der Waals surface area contributed by atoms with Crippen LogP contribution in [0.1, 0.15) is 56.6 Å². The molecule has 0 amide bonds. The molecule has 3 nitrogen and oxygen atoms in total. The molecule has 0 aromatic heterocycles. The van der Waals surface area contributed by atoms with Crippen molar-refractivity contribution in [3.8, 4) is 0 Å². The van der Waals surface area contributed by atoms with E-state index in [0.717, 1.165) is 31.5 Å². The van der Waals surface area contributed by atoms with Gasteiger partial charge in [-0.15, -0.1) is 0 Å². The number of hydrogen-bond donors (Lipinski definition) is 2. The maximum atomic E-state index is 10.5. The van der Waals surface area contributed by atoms with E-state index in [9.17, 15) is 5.11 Å². The second kappa shape index (κ2) is 6.80. The van der Waals surface area contributed by atoms with Crippen LogP contribution in [0.15, 0.2) is 24.3 Å². The molecule has 1 aromatic rings. The molecule has 3 heteroatoms. The number of benzene rings is 1. The van der Waals surface area contributed by atoms with Gasteiger partial charge in [0, 0.05) is 18.8 Å². The molecule has 1 saturated carbocycles. The van der Waals surface area contributed by atoms with Crippen LogP contribution >= 0.6 is 0 Å². The predicted octanol–water partition coefficient (Wildman–Crippen LogP) is 3.23. The van der Waals surface area contributed by atoms with Crippen LogP contribution in [0.4, 0.5) is 5.69 Å². The number of aliphatic hydroxyl groups excluding tert-OH is 1. The summed E-state index contributed by atoms with van der Waals surface area (Å²) in [5.74, 6) is 0.381. The lowest BCUT2D eigenvalue weighted by atomic mass is 9.81. The number of rotatable bonds is 4. The highest BCUT2D eigenvalue weighted by molar-refractivity contribution is 5.48. The molecule has 2 fully saturated rings. The molecule has 0 bridgehead atoms. The van der Waals surface area contributed by atoms with Crippen molar-refractivity contribution in [3.63, 3.8) is 0 Å². The molecule has 2 aliphatic rings. The average molecular weight is 288 g/mol. The second-order valence-corrected chi connectivity index (χ2v) is 6.70. The van der Waals surface area contributed by atoms with Crippen LogP contribution < -0.4 is 10.6 Å². The van der Waals surface area contributed by atoms with Crippen LogP contribution in [0, 0.1) is 5.92 Å². The summed E-state index contributed by atoms with van der Waals surface area (Å²) in [5.41, 5.74) is 8.66. The van der Waals surface area contributed by atoms with Gasteiger partial charge < -0.3 is 15.7 Å². The first-order valence-corrected chi connectivity index (χ1v) is 8.54. The Morgan fingerprint density at radius 3 is 2.19 bits per heavy atom. The topological polar surface area (TPSA) is 49.5 Å². The molecule has 1 heterocycles. The molecule has 0 unspecified atom stereocenters. The first-order valence-electron chi connectivity index (χ1n) is 8.54. The van der Waals surface area contributed by atoms with E-state index in [2.05, 4.69) is 29.2 Å². The van der Waals surface area contributed by atoms with E-state index in [0.29, 0.717) is 5.92 Å². The second-order valence-electron chi connectivity index (χ2n) is 6.70. The molecular weight excluding hydrogens is 260 g/mol. The molecule has 0 spiro atoms. The molecule has 3 N–H and O–H groups in total. The van der Waals surface area contributed by atoms with Crippen LogP contribution in [0.3, 0.4) is 0 Å². The van der Waals surface area contributed by atoms with Crippen molar-refractivity contribution in [1.82, 2.24) is 0 Å². The summed E-state index contributed by atoms with van der Waals surface area (Å²) < 4.78 is 0. The fourth-order valence-corrected chi connectivity index (χ4v) is 3.85. The zero-order valence-electron chi connectivity index (χ0n) is 12.9. The summed E-state index contributed by atoms with van der Waals surface area (Å²) in [6.45, 7) is 2.33. The molecular formula is C18H28N2O. The largest absolute Gasteiger partial charge is 0.391 e. The highest BCUT2D eigenvalue weighted by Gasteiger charge is 2.27. The molecule has 0 radical (unpaired) electrons. The van der Waals surface area contributed by atoms with E-state index in [1.54, 1.807) is 0 Å². The zero-order valence-corrected chi connectivity index (χ0v) is 12.9. The minimum atomic E-state index is -0.400. The SMILES string of the molecule is N[C@H](c1ccc(N2CCCC2)cc1)[C@@H](O)C1CCCCC1. The van der Waals surface area contributed by atoms with Gasteiger partial charge in [0.2, 0.25) is 0 Å². The number of anilines is 1. The quantitative estimate of drug-likeness (QED) is 0.894. The Morgan fingerprint density at radius 2 is 1.57 bits per heavy atom. The third-order valence-corrected chi connectivity index (χ3v) is 5.25. The Hall–Kier alpha value is -1.06. The lowest BCUT2D eigenvalue weighted by Gasteiger charge is -2.30. The smallest absolute Gasteiger partial charge is 0.0760 e. The lowest BCUT2D eigenvalue weighted by molar-refractivity contribution is 0.0618. The van der Waals surface area contributed by atoms with Gasteiger partial charge in [-0.2, -0.15) is 0 Å². The van der Waals surface area contributed by atoms with Gasteiger partial charge in [0.15, 0.2) is 0 Å². The lowest BCUT2D eigenvalue weighted by Crippen LogP contribution is -2.34. The fourth-order valence-electron chi connectivity index (χ4n) is 3.85. The number of aliphatic hydroxyl groups is 1. The number of nitrogens with zero attached hydrogens (tertiary/aromatic N) is 1. The van der Waals surface area contributed by atoms with Crippen molar-refractivity contribution in [2.75, 3.05) is 18.0 Å². The standard InChI is InChI=1S/C18H28N2O/c19-17(18(21)15-6-2-1-3-7-15)14-8-10-16(11-9-14)20-12-4-5-13-20/h8-11,15,17-18,21H,1-7,12-13,19H2/t17-,18+/m1/s1. The Morgan fingerprint density at radius 1 is 0.952 bits per heavy atom. The van der Waals surface area contributed by atoms with E-state index in [-0.39, 0.29) is 6.04 Å². The summed E-state index contributed by atoms with van der Waals surface area (Å²) in [6.07, 6.45) is 8.22. The maximum absolute atomic E-state index is 10.5. The first-order chi connectivity index (χ1) is 10.3. The highest BCUT2D eigenvalue weighted by Crippen LogP contribution is 2.32. The summed E-state index contributed by atoms with van der Waals surface area (Å²) >= 11 is 0. The third-order valence-electron chi connectivity index (χ3n) is 5.25. The van der Waals surface area contributed by atoms with Crippen molar-refractivity contribution in [2.45, 2.75) is 57.1 Å². The molecule has 2 atom stereocenters. The van der Waals surface area contributed by atoms with E-state index >= 15 is 0 Å². The molecule has 21 heavy (non-hydrogen) atoms. The van der Waals surface area contributed by atoms with Crippen LogP contribution in [0.5, 0.6) is 0 Å². The summed E-state index contributed by atoms with van der Waals surface area (Å²) in [6, 6.07) is 8.28. The fraction of sp³-hybridized carbons (Fsp3) is 0.667. The molecule has 1 saturated heterocycles. The van der Waals surface area contributed by atoms with Gasteiger partial charge in [-0.3, -0.25) is 0 Å². The first kappa shape index (κ1) is 14.9. The molecule has 1 aromatic carbocycles. The zero-order chi connectivity index (χ0) is 14.7. The van der Waals surface area contributed by atoms with Crippen molar-refractivity contribution in [2.24, 2.45) is 11.7 Å². The maximum Gasteiger partial charge on any atom is 0.0760 e. The predicted molar refractivity (Wildman–Crippen MR) is 87.4 cm³/mol. The summed E-state index contributed by atoms with van der Waals surface area (Å²) in [4.78, 5) is 2.42. The Balaban J connectivity index is 1.64. The van der Waals surface area contributed by atoms with Crippen LogP contribution in [0.2, 0.25) is 0 Å². The summed E-state index contributed by atoms with van der Waals surface area (Å²) in [7, 11) is 0. The van der Waals surface area contributed by atoms with Gasteiger partial charge in [0.25, 0.3) is 0 Å². The highest BCUT2D eigenvalue weighted by atomic mass is 16.3. The van der Waals surface area contributed by atoms with E-state index < -0.39 is 6.10 Å². The van der Waals surface area contributed by atoms with Crippen molar-refractivity contribution in [3.05, 3.63) is 29.8 Å².